The van der Waals surface area contributed by atoms with Gasteiger partial charge in [-0.2, -0.15) is 0 Å². The predicted molar refractivity (Wildman–Crippen MR) is 148 cm³/mol. The molecule has 1 aliphatic heterocycles. The first-order chi connectivity index (χ1) is 18.7. The highest BCUT2D eigenvalue weighted by Crippen LogP contribution is 2.47. The van der Waals surface area contributed by atoms with Crippen molar-refractivity contribution >= 4 is 29.1 Å². The molecule has 0 fully saturated rings. The average Bonchev–Trinajstić information content (AvgIpc) is 2.95. The molecule has 9 nitrogen and oxygen atoms in total. The number of likely N-dealkylation sites (N-methyl/N-ethyl adjacent to an activating group) is 1. The van der Waals surface area contributed by atoms with Gasteiger partial charge in [0, 0.05) is 23.7 Å². The third-order valence-electron chi connectivity index (χ3n) is 6.94. The van der Waals surface area contributed by atoms with Crippen LogP contribution >= 0.6 is 11.6 Å². The van der Waals surface area contributed by atoms with Crippen molar-refractivity contribution < 1.29 is 33.3 Å². The summed E-state index contributed by atoms with van der Waals surface area (Å²) in [6.07, 6.45) is 0. The van der Waals surface area contributed by atoms with Crippen LogP contribution in [0.5, 0.6) is 28.7 Å². The summed E-state index contributed by atoms with van der Waals surface area (Å²) in [6.45, 7) is 1.84. The molecule has 3 aromatic rings. The number of methoxy groups -OCH3 is 5. The molecule has 0 saturated heterocycles. The summed E-state index contributed by atoms with van der Waals surface area (Å²) in [7, 11) is 9.24. The number of hydrogen-bond acceptors (Lipinski definition) is 7. The minimum atomic E-state index is -0.846. The van der Waals surface area contributed by atoms with E-state index in [9.17, 15) is 9.59 Å². The van der Waals surface area contributed by atoms with Gasteiger partial charge in [0.2, 0.25) is 5.91 Å². The minimum absolute atomic E-state index is 0.269. The zero-order valence-electron chi connectivity index (χ0n) is 22.9. The van der Waals surface area contributed by atoms with Gasteiger partial charge in [-0.1, -0.05) is 17.7 Å². The molecule has 206 valence electrons. The van der Waals surface area contributed by atoms with Crippen LogP contribution in [0.15, 0.2) is 42.5 Å². The lowest BCUT2D eigenvalue weighted by Crippen LogP contribution is -2.44. The molecule has 0 bridgehead atoms. The van der Waals surface area contributed by atoms with E-state index in [1.54, 1.807) is 55.5 Å². The number of hydrogen-bond donors (Lipinski definition) is 1. The van der Waals surface area contributed by atoms with Crippen LogP contribution < -0.4 is 29.0 Å². The third kappa shape index (κ3) is 5.02. The fourth-order valence-electron chi connectivity index (χ4n) is 4.93. The summed E-state index contributed by atoms with van der Waals surface area (Å²) in [4.78, 5) is 29.4. The van der Waals surface area contributed by atoms with E-state index in [1.807, 2.05) is 13.0 Å². The number of fused-ring (bicyclic) bond motifs is 1. The summed E-state index contributed by atoms with van der Waals surface area (Å²) < 4.78 is 27.4. The molecule has 2 amide bonds. The molecular weight excluding hydrogens is 524 g/mol. The lowest BCUT2D eigenvalue weighted by atomic mass is 9.79. The van der Waals surface area contributed by atoms with Gasteiger partial charge in [0.05, 0.1) is 53.2 Å². The van der Waals surface area contributed by atoms with Crippen LogP contribution in [0.1, 0.15) is 39.0 Å². The van der Waals surface area contributed by atoms with Crippen LogP contribution in [0.3, 0.4) is 0 Å². The maximum Gasteiger partial charge on any atom is 0.254 e. The summed E-state index contributed by atoms with van der Waals surface area (Å²) in [5.41, 5.74) is 2.75. The molecule has 1 aliphatic rings. The number of aryl methyl sites for hydroxylation is 1. The molecule has 2 atom stereocenters. The molecular formula is C29H31ClN2O7. The van der Waals surface area contributed by atoms with Crippen LogP contribution in [-0.4, -0.2) is 59.3 Å². The number of carbonyl (C=O) groups excluding carboxylic acids is 2. The molecule has 0 aromatic heterocycles. The Balaban J connectivity index is 1.92. The Labute approximate surface area is 232 Å². The Bertz CT molecular complexity index is 1430. The van der Waals surface area contributed by atoms with Gasteiger partial charge in [0.1, 0.15) is 5.75 Å². The number of carbonyl (C=O) groups is 2. The first-order valence-corrected chi connectivity index (χ1v) is 12.5. The number of nitrogens with zero attached hydrogens (tertiary/aromatic N) is 1. The van der Waals surface area contributed by atoms with Gasteiger partial charge in [-0.3, -0.25) is 9.59 Å². The third-order valence-corrected chi connectivity index (χ3v) is 7.35. The monoisotopic (exact) mass is 554 g/mol. The van der Waals surface area contributed by atoms with Crippen molar-refractivity contribution in [1.82, 2.24) is 4.90 Å². The quantitative estimate of drug-likeness (QED) is 0.407. The zero-order chi connectivity index (χ0) is 28.4. The molecule has 1 heterocycles. The number of halogens is 1. The Morgan fingerprint density at radius 2 is 1.41 bits per heavy atom. The zero-order valence-corrected chi connectivity index (χ0v) is 23.6. The molecule has 1 N–H and O–H groups in total. The lowest BCUT2D eigenvalue weighted by molar-refractivity contribution is -0.119. The SMILES string of the molecule is COc1cc(Cl)c(C)cc1NC(=O)[C@@H]1c2cc(OC)c(OC)cc2C(=O)N(C)[C@@H]1c1ccc(OC)c(OC)c1. The number of nitrogens with one attached hydrogen (secondary N) is 1. The second-order valence-electron chi connectivity index (χ2n) is 9.04. The second-order valence-corrected chi connectivity index (χ2v) is 9.45. The molecule has 10 heteroatoms. The first-order valence-electron chi connectivity index (χ1n) is 12.1. The van der Waals surface area contributed by atoms with Crippen molar-refractivity contribution in [1.29, 1.82) is 0 Å². The van der Waals surface area contributed by atoms with E-state index >= 15 is 0 Å². The van der Waals surface area contributed by atoms with Gasteiger partial charge >= 0.3 is 0 Å². The normalized spacial score (nSPS) is 16.3. The molecule has 0 spiro atoms. The van der Waals surface area contributed by atoms with Crippen molar-refractivity contribution in [3.8, 4) is 28.7 Å². The summed E-state index contributed by atoms with van der Waals surface area (Å²) in [5.74, 6) is 0.727. The lowest BCUT2D eigenvalue weighted by Gasteiger charge is -2.40. The summed E-state index contributed by atoms with van der Waals surface area (Å²) in [6, 6.07) is 11.3. The molecule has 0 aliphatic carbocycles. The van der Waals surface area contributed by atoms with Crippen molar-refractivity contribution in [2.24, 2.45) is 0 Å². The standard InChI is InChI=1S/C29H31ClN2O7/c1-15-10-20(22(36-4)14-19(15)30)31-28(33)26-17-12-24(38-6)25(39-7)13-18(17)29(34)32(2)27(26)16-8-9-21(35-3)23(11-16)37-5/h8-14,26-27H,1-7H3,(H,31,33)/t26-,27-/m1/s1. The van der Waals surface area contributed by atoms with Gasteiger partial charge in [-0.15, -0.1) is 0 Å². The van der Waals surface area contributed by atoms with Crippen molar-refractivity contribution in [2.45, 2.75) is 18.9 Å². The molecule has 3 aromatic carbocycles. The Kier molecular flexibility index (Phi) is 8.11. The smallest absolute Gasteiger partial charge is 0.254 e. The van der Waals surface area contributed by atoms with Gasteiger partial charge in [-0.25, -0.2) is 0 Å². The second kappa shape index (κ2) is 11.3. The van der Waals surface area contributed by atoms with Crippen LogP contribution in [0, 0.1) is 6.92 Å². The van der Waals surface area contributed by atoms with Crippen LogP contribution in [0.4, 0.5) is 5.69 Å². The Morgan fingerprint density at radius 1 is 0.821 bits per heavy atom. The topological polar surface area (TPSA) is 95.6 Å². The van der Waals surface area contributed by atoms with E-state index < -0.39 is 12.0 Å². The maximum absolute atomic E-state index is 14.2. The molecule has 0 radical (unpaired) electrons. The molecule has 39 heavy (non-hydrogen) atoms. The van der Waals surface area contributed by atoms with Crippen molar-refractivity contribution in [2.75, 3.05) is 47.9 Å². The number of benzene rings is 3. The summed E-state index contributed by atoms with van der Waals surface area (Å²) >= 11 is 6.29. The van der Waals surface area contributed by atoms with Crippen molar-refractivity contribution in [3.05, 3.63) is 69.7 Å². The van der Waals surface area contributed by atoms with Gasteiger partial charge < -0.3 is 33.9 Å². The Hall–Kier alpha value is -4.11. The number of rotatable bonds is 8. The first kappa shape index (κ1) is 27.9. The Morgan fingerprint density at radius 3 is 2.03 bits per heavy atom. The maximum atomic E-state index is 14.2. The largest absolute Gasteiger partial charge is 0.495 e. The van der Waals surface area contributed by atoms with Crippen LogP contribution in [0.25, 0.3) is 0 Å². The van der Waals surface area contributed by atoms with E-state index in [1.165, 1.54) is 28.4 Å². The van der Waals surface area contributed by atoms with E-state index in [2.05, 4.69) is 5.32 Å². The van der Waals surface area contributed by atoms with Crippen LogP contribution in [-0.2, 0) is 4.79 Å². The fraction of sp³-hybridized carbons (Fsp3) is 0.310. The predicted octanol–water partition coefficient (Wildman–Crippen LogP) is 5.24. The van der Waals surface area contributed by atoms with Gasteiger partial charge in [0.25, 0.3) is 5.91 Å². The minimum Gasteiger partial charge on any atom is -0.495 e. The van der Waals surface area contributed by atoms with Gasteiger partial charge in [-0.05, 0) is 53.9 Å². The number of amides is 2. The van der Waals surface area contributed by atoms with E-state index in [0.29, 0.717) is 56.1 Å². The molecule has 0 saturated carbocycles. The van der Waals surface area contributed by atoms with Crippen molar-refractivity contribution in [3.63, 3.8) is 0 Å². The fourth-order valence-corrected chi connectivity index (χ4v) is 5.08. The van der Waals surface area contributed by atoms with Crippen LogP contribution in [0.2, 0.25) is 5.02 Å². The molecule has 4 rings (SSSR count). The number of ether oxygens (including phenoxy) is 5. The van der Waals surface area contributed by atoms with E-state index in [0.717, 1.165) is 5.56 Å². The van der Waals surface area contributed by atoms with E-state index in [4.69, 9.17) is 35.3 Å². The highest BCUT2D eigenvalue weighted by atomic mass is 35.5. The van der Waals surface area contributed by atoms with Gasteiger partial charge in [0.15, 0.2) is 23.0 Å². The summed E-state index contributed by atoms with van der Waals surface area (Å²) in [5, 5.41) is 3.52. The average molecular weight is 555 g/mol. The number of anilines is 1. The van der Waals surface area contributed by atoms with E-state index in [-0.39, 0.29) is 11.8 Å². The highest BCUT2D eigenvalue weighted by Gasteiger charge is 2.44. The highest BCUT2D eigenvalue weighted by molar-refractivity contribution is 6.31. The molecule has 0 unspecified atom stereocenters.